The molecule has 0 saturated carbocycles. The molecule has 2 aromatic heterocycles. The molecule has 0 aliphatic heterocycles. The van der Waals surface area contributed by atoms with Gasteiger partial charge in [-0.1, -0.05) is 146 Å². The average Bonchev–Trinajstić information content (AvgIpc) is 3.53. The number of fused-ring (bicyclic) bond motifs is 8. The van der Waals surface area contributed by atoms with Crippen LogP contribution in [0.3, 0.4) is 0 Å². The van der Waals surface area contributed by atoms with Crippen molar-refractivity contribution in [2.75, 3.05) is 0 Å². The van der Waals surface area contributed by atoms with Gasteiger partial charge in [-0.3, -0.25) is 0 Å². The number of thiophene rings is 1. The highest BCUT2D eigenvalue weighted by molar-refractivity contribution is 7.26. The van der Waals surface area contributed by atoms with Crippen LogP contribution in [0.25, 0.3) is 96.9 Å². The Balaban J connectivity index is 1.19. The summed E-state index contributed by atoms with van der Waals surface area (Å²) in [4.78, 5) is 5.25. The molecule has 0 aliphatic carbocycles. The van der Waals surface area contributed by atoms with Crippen molar-refractivity contribution >= 4 is 74.7 Å². The first-order valence-electron chi connectivity index (χ1n) is 16.1. The van der Waals surface area contributed by atoms with Crippen LogP contribution in [0.2, 0.25) is 0 Å². The first-order chi connectivity index (χ1) is 23.3. The van der Waals surface area contributed by atoms with Gasteiger partial charge in [0, 0.05) is 26.4 Å². The smallest absolute Gasteiger partial charge is 0.0888 e. The summed E-state index contributed by atoms with van der Waals surface area (Å²) in [5.74, 6) is 0. The maximum atomic E-state index is 5.25. The first-order valence-corrected chi connectivity index (χ1v) is 16.9. The zero-order valence-electron chi connectivity index (χ0n) is 25.4. The number of benzene rings is 8. The van der Waals surface area contributed by atoms with E-state index in [9.17, 15) is 0 Å². The van der Waals surface area contributed by atoms with Crippen LogP contribution in [0, 0.1) is 0 Å². The Morgan fingerprint density at radius 1 is 0.383 bits per heavy atom. The Kier molecular flexibility index (Phi) is 5.81. The van der Waals surface area contributed by atoms with Crippen LogP contribution in [-0.2, 0) is 0 Å². The van der Waals surface area contributed by atoms with Crippen molar-refractivity contribution in [1.82, 2.24) is 4.98 Å². The van der Waals surface area contributed by atoms with E-state index in [0.29, 0.717) is 0 Å². The molecular weight excluding hydrogens is 587 g/mol. The first kappa shape index (κ1) is 26.4. The number of pyridine rings is 1. The van der Waals surface area contributed by atoms with Gasteiger partial charge in [-0.15, -0.1) is 11.3 Å². The lowest BCUT2D eigenvalue weighted by Crippen LogP contribution is -1.91. The average molecular weight is 614 g/mol. The summed E-state index contributed by atoms with van der Waals surface area (Å²) in [5.41, 5.74) is 8.22. The number of rotatable bonds is 3. The predicted octanol–water partition coefficient (Wildman–Crippen LogP) is 13.1. The van der Waals surface area contributed by atoms with Gasteiger partial charge in [-0.05, 0) is 72.8 Å². The molecule has 0 radical (unpaired) electrons. The van der Waals surface area contributed by atoms with Crippen molar-refractivity contribution < 1.29 is 0 Å². The van der Waals surface area contributed by atoms with Crippen LogP contribution in [0.4, 0.5) is 0 Å². The number of aromatic nitrogens is 1. The largest absolute Gasteiger partial charge is 0.246 e. The normalized spacial score (nSPS) is 11.8. The summed E-state index contributed by atoms with van der Waals surface area (Å²) in [7, 11) is 0. The highest BCUT2D eigenvalue weighted by atomic mass is 32.1. The van der Waals surface area contributed by atoms with Gasteiger partial charge in [-0.2, -0.15) is 0 Å². The molecule has 2 heteroatoms. The Hall–Kier alpha value is -5.83. The number of nitrogens with zero attached hydrogens (tertiary/aromatic N) is 1. The molecule has 0 fully saturated rings. The van der Waals surface area contributed by atoms with Gasteiger partial charge in [-0.25, -0.2) is 4.98 Å². The maximum absolute atomic E-state index is 5.25. The van der Waals surface area contributed by atoms with E-state index in [4.69, 9.17) is 4.98 Å². The molecule has 10 aromatic rings. The number of para-hydroxylation sites is 1. The molecule has 0 bridgehead atoms. The van der Waals surface area contributed by atoms with E-state index >= 15 is 0 Å². The second-order valence-corrected chi connectivity index (χ2v) is 13.3. The fraction of sp³-hybridized carbons (Fsp3) is 0. The molecule has 0 spiro atoms. The van der Waals surface area contributed by atoms with Crippen molar-refractivity contribution in [3.8, 4) is 33.5 Å². The summed E-state index contributed by atoms with van der Waals surface area (Å²) >= 11 is 1.84. The molecule has 0 amide bonds. The molecule has 0 aliphatic rings. The number of hydrogen-bond acceptors (Lipinski definition) is 2. The van der Waals surface area contributed by atoms with Crippen LogP contribution >= 0.6 is 11.3 Å². The summed E-state index contributed by atoms with van der Waals surface area (Å²) in [6.45, 7) is 0. The van der Waals surface area contributed by atoms with Crippen LogP contribution in [-0.4, -0.2) is 4.98 Å². The zero-order valence-corrected chi connectivity index (χ0v) is 26.3. The summed E-state index contributed by atoms with van der Waals surface area (Å²) in [5, 5.41) is 11.4. The minimum atomic E-state index is 1.03. The van der Waals surface area contributed by atoms with Crippen molar-refractivity contribution in [2.24, 2.45) is 0 Å². The SMILES string of the molecule is c1ccc2cc(-c3c4ccccc4c(-c4ccc(-c5nc6ccccc6c6c5sc5ccccc56)cc4)c4ccccc34)ccc2c1. The molecule has 8 aromatic carbocycles. The van der Waals surface area contributed by atoms with E-state index in [-0.39, 0.29) is 0 Å². The lowest BCUT2D eigenvalue weighted by atomic mass is 9.85. The summed E-state index contributed by atoms with van der Waals surface area (Å²) < 4.78 is 2.54. The van der Waals surface area contributed by atoms with Crippen LogP contribution in [0.15, 0.2) is 164 Å². The van der Waals surface area contributed by atoms with E-state index < -0.39 is 0 Å². The third-order valence-corrected chi connectivity index (χ3v) is 10.8. The van der Waals surface area contributed by atoms with Gasteiger partial charge < -0.3 is 0 Å². The Bertz CT molecular complexity index is 2780. The monoisotopic (exact) mass is 613 g/mol. The standard InChI is InChI=1S/C45H27NS/c1-2-12-31-27-32(26-21-28(31)11-1)42-35-15-5-3-13-33(35)41(34-14-4-6-16-36(34)42)29-22-24-30(25-23-29)44-45-43(37-17-7-9-19-39(37)46-44)38-18-8-10-20-40(38)47-45/h1-27H. The topological polar surface area (TPSA) is 12.9 Å². The van der Waals surface area contributed by atoms with Gasteiger partial charge in [0.1, 0.15) is 0 Å². The Morgan fingerprint density at radius 3 is 1.60 bits per heavy atom. The number of hydrogen-bond donors (Lipinski definition) is 0. The summed E-state index contributed by atoms with van der Waals surface area (Å²) in [6.07, 6.45) is 0. The highest BCUT2D eigenvalue weighted by Crippen LogP contribution is 2.46. The van der Waals surface area contributed by atoms with Crippen LogP contribution in [0.5, 0.6) is 0 Å². The molecular formula is C45H27NS. The van der Waals surface area contributed by atoms with E-state index in [1.807, 2.05) is 11.3 Å². The molecule has 0 N–H and O–H groups in total. The van der Waals surface area contributed by atoms with E-state index in [2.05, 4.69) is 164 Å². The van der Waals surface area contributed by atoms with E-state index in [1.165, 1.54) is 80.1 Å². The maximum Gasteiger partial charge on any atom is 0.0888 e. The van der Waals surface area contributed by atoms with Gasteiger partial charge in [0.05, 0.1) is 15.9 Å². The van der Waals surface area contributed by atoms with Gasteiger partial charge >= 0.3 is 0 Å². The molecule has 47 heavy (non-hydrogen) atoms. The molecule has 10 rings (SSSR count). The van der Waals surface area contributed by atoms with Gasteiger partial charge in [0.25, 0.3) is 0 Å². The van der Waals surface area contributed by atoms with E-state index in [1.54, 1.807) is 0 Å². The van der Waals surface area contributed by atoms with Crippen LogP contribution in [0.1, 0.15) is 0 Å². The minimum Gasteiger partial charge on any atom is -0.246 e. The second-order valence-electron chi connectivity index (χ2n) is 12.3. The van der Waals surface area contributed by atoms with Gasteiger partial charge in [0.2, 0.25) is 0 Å². The fourth-order valence-corrected chi connectivity index (χ4v) is 8.75. The van der Waals surface area contributed by atoms with Crippen molar-refractivity contribution in [2.45, 2.75) is 0 Å². The fourth-order valence-electron chi connectivity index (χ4n) is 7.52. The Morgan fingerprint density at radius 2 is 0.894 bits per heavy atom. The Labute approximate surface area is 276 Å². The lowest BCUT2D eigenvalue weighted by molar-refractivity contribution is 1.44. The molecule has 1 nitrogen and oxygen atoms in total. The van der Waals surface area contributed by atoms with Crippen molar-refractivity contribution in [3.63, 3.8) is 0 Å². The van der Waals surface area contributed by atoms with Gasteiger partial charge in [0.15, 0.2) is 0 Å². The summed E-state index contributed by atoms with van der Waals surface area (Å²) in [6, 6.07) is 59.6. The highest BCUT2D eigenvalue weighted by Gasteiger charge is 2.19. The van der Waals surface area contributed by atoms with E-state index in [0.717, 1.165) is 16.8 Å². The van der Waals surface area contributed by atoms with Crippen LogP contribution < -0.4 is 0 Å². The molecule has 0 unspecified atom stereocenters. The van der Waals surface area contributed by atoms with Crippen molar-refractivity contribution in [1.29, 1.82) is 0 Å². The third-order valence-electron chi connectivity index (χ3n) is 9.63. The minimum absolute atomic E-state index is 1.03. The molecule has 0 saturated heterocycles. The van der Waals surface area contributed by atoms with Crippen molar-refractivity contribution in [3.05, 3.63) is 164 Å². The zero-order chi connectivity index (χ0) is 30.9. The molecule has 218 valence electrons. The lowest BCUT2D eigenvalue weighted by Gasteiger charge is -2.18. The molecule has 0 atom stereocenters. The quantitative estimate of drug-likeness (QED) is 0.181. The predicted molar refractivity (Wildman–Crippen MR) is 203 cm³/mol. The second kappa shape index (κ2) is 10.3. The third kappa shape index (κ3) is 4.05. The molecule has 2 heterocycles.